The number of nitrogens with one attached hydrogen (secondary N) is 1. The molecule has 0 bridgehead atoms. The Kier molecular flexibility index (Phi) is 4.35. The molecule has 3 aromatic heterocycles. The first-order valence-electron chi connectivity index (χ1n) is 8.70. The van der Waals surface area contributed by atoms with E-state index in [1.54, 1.807) is 10.9 Å². The van der Waals surface area contributed by atoms with Crippen molar-refractivity contribution in [1.29, 1.82) is 0 Å². The molecule has 1 N–H and O–H groups in total. The highest BCUT2D eigenvalue weighted by Crippen LogP contribution is 2.26. The van der Waals surface area contributed by atoms with Gasteiger partial charge in [0.2, 0.25) is 0 Å². The number of aromatic nitrogens is 6. The number of aryl methyl sites for hydroxylation is 2. The number of hydrogen-bond acceptors (Lipinski definition) is 5. The molecule has 0 radical (unpaired) electrons. The summed E-state index contributed by atoms with van der Waals surface area (Å²) >= 11 is 0. The van der Waals surface area contributed by atoms with Crippen molar-refractivity contribution in [3.8, 4) is 0 Å². The van der Waals surface area contributed by atoms with Crippen LogP contribution in [0.25, 0.3) is 11.0 Å². The molecule has 4 rings (SSSR count). The smallest absolute Gasteiger partial charge is 0.163 e. The monoisotopic (exact) mass is 347 g/mol. The van der Waals surface area contributed by atoms with Crippen molar-refractivity contribution in [3.05, 3.63) is 66.6 Å². The molecule has 0 aliphatic carbocycles. The van der Waals surface area contributed by atoms with Crippen LogP contribution in [0.5, 0.6) is 0 Å². The van der Waals surface area contributed by atoms with Crippen molar-refractivity contribution in [2.24, 2.45) is 7.05 Å². The van der Waals surface area contributed by atoms with E-state index in [-0.39, 0.29) is 6.04 Å². The van der Waals surface area contributed by atoms with Crippen molar-refractivity contribution >= 4 is 16.9 Å². The Hall–Kier alpha value is -3.22. The van der Waals surface area contributed by atoms with E-state index in [0.717, 1.165) is 35.6 Å². The molecular weight excluding hydrogens is 326 g/mol. The van der Waals surface area contributed by atoms with Gasteiger partial charge in [-0.1, -0.05) is 37.3 Å². The Labute approximate surface area is 151 Å². The molecule has 0 fully saturated rings. The lowest BCUT2D eigenvalue weighted by atomic mass is 10.1. The average Bonchev–Trinajstić information content (AvgIpc) is 3.32. The normalized spacial score (nSPS) is 12.4. The first kappa shape index (κ1) is 16.3. The Morgan fingerprint density at radius 1 is 1.15 bits per heavy atom. The van der Waals surface area contributed by atoms with Gasteiger partial charge >= 0.3 is 0 Å². The van der Waals surface area contributed by atoms with Crippen LogP contribution in [0.4, 0.5) is 5.82 Å². The summed E-state index contributed by atoms with van der Waals surface area (Å²) in [5.74, 6) is 1.62. The number of anilines is 1. The molecular formula is C19H21N7. The summed E-state index contributed by atoms with van der Waals surface area (Å²) in [7, 11) is 1.90. The van der Waals surface area contributed by atoms with Crippen LogP contribution in [-0.4, -0.2) is 29.3 Å². The zero-order chi connectivity index (χ0) is 17.9. The first-order chi connectivity index (χ1) is 12.7. The Balaban J connectivity index is 1.74. The SMILES string of the molecule is CCc1nc(NC(Cn2ccnc2)c2ccccc2)c2cnn(C)c2n1. The molecule has 7 nitrogen and oxygen atoms in total. The molecule has 3 heterocycles. The lowest BCUT2D eigenvalue weighted by Gasteiger charge is -2.21. The second kappa shape index (κ2) is 6.95. The van der Waals surface area contributed by atoms with Gasteiger partial charge in [-0.3, -0.25) is 4.68 Å². The van der Waals surface area contributed by atoms with Crippen LogP contribution in [0, 0.1) is 0 Å². The third kappa shape index (κ3) is 3.15. The summed E-state index contributed by atoms with van der Waals surface area (Å²) in [6, 6.07) is 10.4. The van der Waals surface area contributed by atoms with Gasteiger partial charge in [-0.2, -0.15) is 5.10 Å². The summed E-state index contributed by atoms with van der Waals surface area (Å²) in [5.41, 5.74) is 2.03. The standard InChI is InChI=1S/C19H21N7/c1-3-17-23-18(15-11-21-25(2)19(15)24-17)22-16(12-26-10-9-20-13-26)14-7-5-4-6-8-14/h4-11,13,16H,3,12H2,1-2H3,(H,22,23,24). The summed E-state index contributed by atoms with van der Waals surface area (Å²) in [5, 5.41) is 8.89. The van der Waals surface area contributed by atoms with Crippen molar-refractivity contribution in [1.82, 2.24) is 29.3 Å². The predicted molar refractivity (Wildman–Crippen MR) is 101 cm³/mol. The second-order valence-electron chi connectivity index (χ2n) is 6.21. The van der Waals surface area contributed by atoms with Crippen LogP contribution in [0.1, 0.15) is 24.4 Å². The third-order valence-electron chi connectivity index (χ3n) is 4.42. The van der Waals surface area contributed by atoms with Crippen LogP contribution in [0.15, 0.2) is 55.2 Å². The maximum Gasteiger partial charge on any atom is 0.163 e. The molecule has 26 heavy (non-hydrogen) atoms. The van der Waals surface area contributed by atoms with Gasteiger partial charge in [-0.05, 0) is 5.56 Å². The zero-order valence-corrected chi connectivity index (χ0v) is 14.9. The molecule has 0 saturated carbocycles. The van der Waals surface area contributed by atoms with E-state index in [1.807, 2.05) is 31.8 Å². The number of imidazole rings is 1. The van der Waals surface area contributed by atoms with Gasteiger partial charge in [0.15, 0.2) is 5.65 Å². The molecule has 0 aliphatic heterocycles. The Bertz CT molecular complexity index is 990. The fourth-order valence-corrected chi connectivity index (χ4v) is 3.03. The topological polar surface area (TPSA) is 73.5 Å². The number of benzene rings is 1. The molecule has 0 spiro atoms. The summed E-state index contributed by atoms with van der Waals surface area (Å²) in [4.78, 5) is 13.5. The fourth-order valence-electron chi connectivity index (χ4n) is 3.03. The fraction of sp³-hybridized carbons (Fsp3) is 0.263. The first-order valence-corrected chi connectivity index (χ1v) is 8.70. The molecule has 0 aliphatic rings. The molecule has 0 amide bonds. The van der Waals surface area contributed by atoms with Crippen molar-refractivity contribution in [3.63, 3.8) is 0 Å². The molecule has 132 valence electrons. The average molecular weight is 347 g/mol. The van der Waals surface area contributed by atoms with Gasteiger partial charge in [-0.25, -0.2) is 15.0 Å². The molecule has 1 aromatic carbocycles. The van der Waals surface area contributed by atoms with E-state index in [1.165, 1.54) is 5.56 Å². The highest BCUT2D eigenvalue weighted by atomic mass is 15.3. The van der Waals surface area contributed by atoms with E-state index in [9.17, 15) is 0 Å². The largest absolute Gasteiger partial charge is 0.361 e. The van der Waals surface area contributed by atoms with Crippen LogP contribution in [0.2, 0.25) is 0 Å². The van der Waals surface area contributed by atoms with Crippen molar-refractivity contribution in [2.45, 2.75) is 25.9 Å². The summed E-state index contributed by atoms with van der Waals surface area (Å²) < 4.78 is 3.85. The van der Waals surface area contributed by atoms with Gasteiger partial charge in [-0.15, -0.1) is 0 Å². The Morgan fingerprint density at radius 2 is 2.00 bits per heavy atom. The molecule has 1 atom stereocenters. The minimum Gasteiger partial charge on any atom is -0.361 e. The number of fused-ring (bicyclic) bond motifs is 1. The van der Waals surface area contributed by atoms with Crippen LogP contribution < -0.4 is 5.32 Å². The lowest BCUT2D eigenvalue weighted by Crippen LogP contribution is -2.18. The van der Waals surface area contributed by atoms with E-state index in [0.29, 0.717) is 0 Å². The third-order valence-corrected chi connectivity index (χ3v) is 4.42. The van der Waals surface area contributed by atoms with E-state index in [4.69, 9.17) is 4.98 Å². The highest BCUT2D eigenvalue weighted by molar-refractivity contribution is 5.86. The highest BCUT2D eigenvalue weighted by Gasteiger charge is 2.17. The van der Waals surface area contributed by atoms with E-state index >= 15 is 0 Å². The summed E-state index contributed by atoms with van der Waals surface area (Å²) in [6.45, 7) is 2.80. The predicted octanol–water partition coefficient (Wildman–Crippen LogP) is 2.98. The van der Waals surface area contributed by atoms with E-state index in [2.05, 4.69) is 56.1 Å². The number of nitrogens with zero attached hydrogens (tertiary/aromatic N) is 6. The van der Waals surface area contributed by atoms with Gasteiger partial charge in [0.25, 0.3) is 0 Å². The lowest BCUT2D eigenvalue weighted by molar-refractivity contribution is 0.605. The molecule has 4 aromatic rings. The van der Waals surface area contributed by atoms with Gasteiger partial charge in [0, 0.05) is 32.4 Å². The van der Waals surface area contributed by atoms with Gasteiger partial charge in [0.05, 0.1) is 24.0 Å². The van der Waals surface area contributed by atoms with Crippen molar-refractivity contribution in [2.75, 3.05) is 5.32 Å². The summed E-state index contributed by atoms with van der Waals surface area (Å²) in [6.07, 6.45) is 8.18. The number of hydrogen-bond donors (Lipinski definition) is 1. The minimum atomic E-state index is 0.0495. The zero-order valence-electron chi connectivity index (χ0n) is 14.9. The minimum absolute atomic E-state index is 0.0495. The quantitative estimate of drug-likeness (QED) is 0.580. The van der Waals surface area contributed by atoms with Gasteiger partial charge in [0.1, 0.15) is 11.6 Å². The second-order valence-corrected chi connectivity index (χ2v) is 6.21. The number of rotatable bonds is 6. The van der Waals surface area contributed by atoms with Crippen LogP contribution in [-0.2, 0) is 20.0 Å². The van der Waals surface area contributed by atoms with Crippen LogP contribution >= 0.6 is 0 Å². The van der Waals surface area contributed by atoms with E-state index < -0.39 is 0 Å². The molecule has 0 saturated heterocycles. The van der Waals surface area contributed by atoms with Crippen molar-refractivity contribution < 1.29 is 0 Å². The molecule has 1 unspecified atom stereocenters. The maximum atomic E-state index is 4.73. The maximum absolute atomic E-state index is 4.73. The molecule has 7 heteroatoms. The Morgan fingerprint density at radius 3 is 2.73 bits per heavy atom. The van der Waals surface area contributed by atoms with Gasteiger partial charge < -0.3 is 9.88 Å². The van der Waals surface area contributed by atoms with Crippen LogP contribution in [0.3, 0.4) is 0 Å².